The predicted octanol–water partition coefficient (Wildman–Crippen LogP) is 2.39. The summed E-state index contributed by atoms with van der Waals surface area (Å²) in [6.45, 7) is 0. The van der Waals surface area contributed by atoms with Gasteiger partial charge in [-0.3, -0.25) is 0 Å². The summed E-state index contributed by atoms with van der Waals surface area (Å²) < 4.78 is 4.61. The van der Waals surface area contributed by atoms with E-state index in [9.17, 15) is 4.79 Å². The van der Waals surface area contributed by atoms with Crippen molar-refractivity contribution in [3.8, 4) is 0 Å². The number of benzene rings is 1. The lowest BCUT2D eigenvalue weighted by atomic mass is 10.1. The second-order valence-corrected chi connectivity index (χ2v) is 3.70. The quantitative estimate of drug-likeness (QED) is 0.480. The Morgan fingerprint density at radius 3 is 2.88 bits per heavy atom. The molecule has 0 atom stereocenters. The van der Waals surface area contributed by atoms with E-state index in [0.717, 1.165) is 17.7 Å². The van der Waals surface area contributed by atoms with Gasteiger partial charge in [0.05, 0.1) is 12.7 Å². The summed E-state index contributed by atoms with van der Waals surface area (Å²) in [7, 11) is 1.35. The minimum Gasteiger partial charge on any atom is -0.465 e. The highest BCUT2D eigenvalue weighted by Crippen LogP contribution is 2.16. The van der Waals surface area contributed by atoms with Crippen molar-refractivity contribution in [3.05, 3.63) is 35.4 Å². The molecule has 0 fully saturated rings. The summed E-state index contributed by atoms with van der Waals surface area (Å²) in [6, 6.07) is 5.12. The van der Waals surface area contributed by atoms with Gasteiger partial charge in [0.25, 0.3) is 0 Å². The Morgan fingerprint density at radius 2 is 2.31 bits per heavy atom. The number of carbonyl (C=O) groups is 1. The molecule has 0 amide bonds. The zero-order valence-corrected chi connectivity index (χ0v) is 10.0. The van der Waals surface area contributed by atoms with Crippen molar-refractivity contribution in [2.75, 3.05) is 18.6 Å². The number of hydrogen-bond acceptors (Lipinski definition) is 4. The Kier molecular flexibility index (Phi) is 4.92. The maximum absolute atomic E-state index is 11.2. The highest BCUT2D eigenvalue weighted by molar-refractivity contribution is 7.80. The summed E-state index contributed by atoms with van der Waals surface area (Å²) in [5, 5.41) is 0. The average molecular weight is 237 g/mol. The van der Waals surface area contributed by atoms with E-state index in [1.54, 1.807) is 18.2 Å². The molecule has 0 saturated heterocycles. The second kappa shape index (κ2) is 6.23. The summed E-state index contributed by atoms with van der Waals surface area (Å²) in [5.41, 5.74) is 7.75. The molecule has 0 aliphatic rings. The highest BCUT2D eigenvalue weighted by Gasteiger charge is 2.06. The molecule has 1 rings (SSSR count). The zero-order chi connectivity index (χ0) is 12.0. The molecular formula is C12H15NO2S. The molecule has 4 heteroatoms. The second-order valence-electron chi connectivity index (χ2n) is 3.25. The summed E-state index contributed by atoms with van der Waals surface area (Å²) in [5.74, 6) is 0.425. The summed E-state index contributed by atoms with van der Waals surface area (Å²) in [4.78, 5) is 11.2. The monoisotopic (exact) mass is 237 g/mol. The van der Waals surface area contributed by atoms with Gasteiger partial charge in [0, 0.05) is 5.69 Å². The van der Waals surface area contributed by atoms with Gasteiger partial charge < -0.3 is 10.5 Å². The lowest BCUT2D eigenvalue weighted by molar-refractivity contribution is 0.0601. The molecule has 0 aliphatic heterocycles. The van der Waals surface area contributed by atoms with Crippen molar-refractivity contribution in [2.45, 2.75) is 6.42 Å². The largest absolute Gasteiger partial charge is 0.465 e. The SMILES string of the molecule is COC(=O)c1ccc(C=CCCS)c(N)c1. The van der Waals surface area contributed by atoms with E-state index in [0.29, 0.717) is 11.3 Å². The van der Waals surface area contributed by atoms with Crippen molar-refractivity contribution < 1.29 is 9.53 Å². The first kappa shape index (κ1) is 12.6. The van der Waals surface area contributed by atoms with E-state index >= 15 is 0 Å². The molecule has 1 aromatic rings. The molecule has 1 aromatic carbocycles. The molecule has 0 unspecified atom stereocenters. The number of esters is 1. The van der Waals surface area contributed by atoms with Gasteiger partial charge in [-0.15, -0.1) is 0 Å². The van der Waals surface area contributed by atoms with Gasteiger partial charge in [0.15, 0.2) is 0 Å². The number of rotatable bonds is 4. The van der Waals surface area contributed by atoms with Crippen LogP contribution in [0.3, 0.4) is 0 Å². The number of methoxy groups -OCH3 is 1. The fraction of sp³-hybridized carbons (Fsp3) is 0.250. The molecule has 2 N–H and O–H groups in total. The summed E-state index contributed by atoms with van der Waals surface area (Å²) in [6.07, 6.45) is 4.81. The third-order valence-corrected chi connectivity index (χ3v) is 2.36. The van der Waals surface area contributed by atoms with Crippen LogP contribution in [0.15, 0.2) is 24.3 Å². The van der Waals surface area contributed by atoms with Crippen molar-refractivity contribution in [1.82, 2.24) is 0 Å². The van der Waals surface area contributed by atoms with Gasteiger partial charge in [0.2, 0.25) is 0 Å². The average Bonchev–Trinajstić information content (AvgIpc) is 2.30. The Balaban J connectivity index is 2.87. The molecule has 0 bridgehead atoms. The Morgan fingerprint density at radius 1 is 1.56 bits per heavy atom. The van der Waals surface area contributed by atoms with Crippen LogP contribution in [0.25, 0.3) is 6.08 Å². The van der Waals surface area contributed by atoms with Gasteiger partial charge in [-0.25, -0.2) is 4.79 Å². The Hall–Kier alpha value is -1.42. The molecule has 0 aliphatic carbocycles. The normalized spacial score (nSPS) is 10.6. The number of nitrogens with two attached hydrogens (primary N) is 1. The predicted molar refractivity (Wildman–Crippen MR) is 69.7 cm³/mol. The van der Waals surface area contributed by atoms with Crippen LogP contribution in [0.2, 0.25) is 0 Å². The first-order valence-electron chi connectivity index (χ1n) is 4.94. The van der Waals surface area contributed by atoms with E-state index < -0.39 is 0 Å². The van der Waals surface area contributed by atoms with Crippen molar-refractivity contribution in [2.24, 2.45) is 0 Å². The first-order valence-corrected chi connectivity index (χ1v) is 5.57. The van der Waals surface area contributed by atoms with Crippen LogP contribution in [-0.4, -0.2) is 18.8 Å². The molecule has 16 heavy (non-hydrogen) atoms. The minimum absolute atomic E-state index is 0.377. The topological polar surface area (TPSA) is 52.3 Å². The molecule has 0 radical (unpaired) electrons. The van der Waals surface area contributed by atoms with Crippen molar-refractivity contribution >= 4 is 30.4 Å². The van der Waals surface area contributed by atoms with E-state index in [2.05, 4.69) is 17.4 Å². The minimum atomic E-state index is -0.377. The maximum Gasteiger partial charge on any atom is 0.337 e. The van der Waals surface area contributed by atoms with Crippen LogP contribution in [0.4, 0.5) is 5.69 Å². The van der Waals surface area contributed by atoms with Crippen molar-refractivity contribution in [1.29, 1.82) is 0 Å². The lowest BCUT2D eigenvalue weighted by Crippen LogP contribution is -2.02. The fourth-order valence-corrected chi connectivity index (χ4v) is 1.41. The molecule has 0 saturated carbocycles. The van der Waals surface area contributed by atoms with Gasteiger partial charge in [-0.2, -0.15) is 12.6 Å². The zero-order valence-electron chi connectivity index (χ0n) is 9.14. The summed E-state index contributed by atoms with van der Waals surface area (Å²) >= 11 is 4.11. The van der Waals surface area contributed by atoms with E-state index in [4.69, 9.17) is 5.73 Å². The van der Waals surface area contributed by atoms with Gasteiger partial charge in [-0.05, 0) is 29.9 Å². The smallest absolute Gasteiger partial charge is 0.337 e. The number of thiol groups is 1. The molecule has 3 nitrogen and oxygen atoms in total. The first-order chi connectivity index (χ1) is 7.69. The van der Waals surface area contributed by atoms with E-state index in [1.807, 2.05) is 12.2 Å². The van der Waals surface area contributed by atoms with Crippen LogP contribution in [0, 0.1) is 0 Å². The van der Waals surface area contributed by atoms with Crippen LogP contribution >= 0.6 is 12.6 Å². The van der Waals surface area contributed by atoms with Crippen LogP contribution < -0.4 is 5.73 Å². The number of anilines is 1. The third-order valence-electron chi connectivity index (χ3n) is 2.10. The number of allylic oxidation sites excluding steroid dienone is 1. The van der Waals surface area contributed by atoms with Crippen LogP contribution in [0.5, 0.6) is 0 Å². The van der Waals surface area contributed by atoms with Gasteiger partial charge in [0.1, 0.15) is 0 Å². The van der Waals surface area contributed by atoms with Gasteiger partial charge in [-0.1, -0.05) is 18.2 Å². The number of carbonyl (C=O) groups excluding carboxylic acids is 1. The molecule has 0 heterocycles. The van der Waals surface area contributed by atoms with E-state index in [-0.39, 0.29) is 5.97 Å². The molecular weight excluding hydrogens is 222 g/mol. The Labute approximate surface area is 101 Å². The number of hydrogen-bond donors (Lipinski definition) is 2. The Bertz CT molecular complexity index is 402. The molecule has 86 valence electrons. The standard InChI is InChI=1S/C12H15NO2S/c1-15-12(14)10-6-5-9(11(13)8-10)4-2-3-7-16/h2,4-6,8,16H,3,7,13H2,1H3. The maximum atomic E-state index is 11.2. The van der Waals surface area contributed by atoms with Gasteiger partial charge >= 0.3 is 5.97 Å². The number of ether oxygens (including phenoxy) is 1. The third kappa shape index (κ3) is 3.31. The number of nitrogen functional groups attached to an aromatic ring is 1. The highest BCUT2D eigenvalue weighted by atomic mass is 32.1. The van der Waals surface area contributed by atoms with Crippen LogP contribution in [0.1, 0.15) is 22.3 Å². The molecule has 0 aromatic heterocycles. The lowest BCUT2D eigenvalue weighted by Gasteiger charge is -2.03. The van der Waals surface area contributed by atoms with E-state index in [1.165, 1.54) is 7.11 Å². The van der Waals surface area contributed by atoms with Crippen LogP contribution in [-0.2, 0) is 4.74 Å². The molecule has 0 spiro atoms. The fourth-order valence-electron chi connectivity index (χ4n) is 1.26. The van der Waals surface area contributed by atoms with Crippen molar-refractivity contribution in [3.63, 3.8) is 0 Å².